The Morgan fingerprint density at radius 2 is 1.76 bits per heavy atom. The van der Waals surface area contributed by atoms with Gasteiger partial charge in [0.1, 0.15) is 5.78 Å². The molecule has 6 rings (SSSR count). The Morgan fingerprint density at radius 3 is 2.47 bits per heavy atom. The number of rotatable bonds is 3. The zero-order valence-electron chi connectivity index (χ0n) is 22.3. The van der Waals surface area contributed by atoms with Gasteiger partial charge in [-0.05, 0) is 102 Å². The zero-order valence-corrected chi connectivity index (χ0v) is 22.3. The summed E-state index contributed by atoms with van der Waals surface area (Å²) in [7, 11) is 0. The minimum Gasteiger partial charge on any atom is -0.372 e. The van der Waals surface area contributed by atoms with Crippen molar-refractivity contribution in [2.24, 2.45) is 28.6 Å². The van der Waals surface area contributed by atoms with Gasteiger partial charge < -0.3 is 4.90 Å². The molecule has 0 radical (unpaired) electrons. The van der Waals surface area contributed by atoms with Gasteiger partial charge in [0.15, 0.2) is 0 Å². The van der Waals surface area contributed by atoms with Gasteiger partial charge in [-0.2, -0.15) is 0 Å². The van der Waals surface area contributed by atoms with Gasteiger partial charge in [-0.1, -0.05) is 31.6 Å². The second kappa shape index (κ2) is 8.08. The van der Waals surface area contributed by atoms with Gasteiger partial charge in [0.05, 0.1) is 0 Å². The van der Waals surface area contributed by atoms with E-state index >= 15 is 0 Å². The fourth-order valence-corrected chi connectivity index (χ4v) is 9.70. The summed E-state index contributed by atoms with van der Waals surface area (Å²) in [4.78, 5) is 19.4. The summed E-state index contributed by atoms with van der Waals surface area (Å²) in [6, 6.07) is 1.82. The van der Waals surface area contributed by atoms with Gasteiger partial charge in [0, 0.05) is 53.5 Å². The number of carbonyl (C=O) groups excluding carboxylic acids is 1. The number of likely N-dealkylation sites (tertiary alicyclic amines) is 2. The zero-order chi connectivity index (χ0) is 23.8. The maximum atomic E-state index is 14.1. The van der Waals surface area contributed by atoms with E-state index in [1.165, 1.54) is 50.8 Å². The SMILES string of the molecule is CC1CCCN1C1=CC2=CC[C@@H]3[C@H](C(=O)C[C@]4(C)C(C(C)N5CCCC5C)=CC[C@@H]34)[C@@]2(C)CC1. The smallest absolute Gasteiger partial charge is 0.138 e. The van der Waals surface area contributed by atoms with E-state index in [9.17, 15) is 4.79 Å². The lowest BCUT2D eigenvalue weighted by atomic mass is 9.47. The van der Waals surface area contributed by atoms with Crippen molar-refractivity contribution in [3.63, 3.8) is 0 Å². The topological polar surface area (TPSA) is 23.6 Å². The molecule has 2 aliphatic heterocycles. The van der Waals surface area contributed by atoms with Gasteiger partial charge in [-0.3, -0.25) is 9.69 Å². The fourth-order valence-electron chi connectivity index (χ4n) is 9.70. The quantitative estimate of drug-likeness (QED) is 0.446. The normalized spacial score (nSPS) is 45.3. The molecule has 3 fully saturated rings. The first-order valence-electron chi connectivity index (χ1n) is 14.4. The molecule has 34 heavy (non-hydrogen) atoms. The molecule has 0 aromatic heterocycles. The van der Waals surface area contributed by atoms with Gasteiger partial charge in [0.25, 0.3) is 0 Å². The summed E-state index contributed by atoms with van der Waals surface area (Å²) in [6.07, 6.45) is 18.3. The average molecular weight is 463 g/mol. The van der Waals surface area contributed by atoms with E-state index in [0.29, 0.717) is 35.7 Å². The van der Waals surface area contributed by atoms with Gasteiger partial charge in [-0.25, -0.2) is 0 Å². The molecule has 2 heterocycles. The van der Waals surface area contributed by atoms with Gasteiger partial charge in [-0.15, -0.1) is 0 Å². The summed E-state index contributed by atoms with van der Waals surface area (Å²) in [5, 5.41) is 0. The third kappa shape index (κ3) is 3.21. The first kappa shape index (κ1) is 23.1. The van der Waals surface area contributed by atoms with Crippen LogP contribution >= 0.6 is 0 Å². The van der Waals surface area contributed by atoms with Crippen LogP contribution in [-0.2, 0) is 4.79 Å². The summed E-state index contributed by atoms with van der Waals surface area (Å²) in [5.74, 6) is 1.92. The minimum absolute atomic E-state index is 0.0334. The molecule has 6 aliphatic rings. The largest absolute Gasteiger partial charge is 0.372 e. The molecule has 0 aromatic carbocycles. The van der Waals surface area contributed by atoms with Crippen LogP contribution in [0.15, 0.2) is 35.1 Å². The van der Waals surface area contributed by atoms with Gasteiger partial charge in [0.2, 0.25) is 0 Å². The number of fused-ring (bicyclic) bond motifs is 5. The summed E-state index contributed by atoms with van der Waals surface area (Å²) in [5.41, 5.74) is 4.70. The van der Waals surface area contributed by atoms with Crippen molar-refractivity contribution >= 4 is 5.78 Å². The Kier molecular flexibility index (Phi) is 5.49. The van der Waals surface area contributed by atoms with Crippen LogP contribution in [0.4, 0.5) is 0 Å². The Hall–Kier alpha value is -1.35. The van der Waals surface area contributed by atoms with E-state index < -0.39 is 0 Å². The van der Waals surface area contributed by atoms with E-state index in [1.54, 1.807) is 11.3 Å². The fraction of sp³-hybridized carbons (Fsp3) is 0.774. The molecule has 0 bridgehead atoms. The molecule has 186 valence electrons. The maximum Gasteiger partial charge on any atom is 0.138 e. The van der Waals surface area contributed by atoms with Crippen molar-refractivity contribution in [2.45, 2.75) is 111 Å². The molecule has 3 nitrogen and oxygen atoms in total. The van der Waals surface area contributed by atoms with Crippen LogP contribution in [0.5, 0.6) is 0 Å². The number of ketones is 1. The van der Waals surface area contributed by atoms with E-state index in [1.807, 2.05) is 0 Å². The lowest BCUT2D eigenvalue weighted by molar-refractivity contribution is -0.140. The highest BCUT2D eigenvalue weighted by Crippen LogP contribution is 2.64. The molecular formula is C31H46N2O. The van der Waals surface area contributed by atoms with E-state index in [4.69, 9.17) is 0 Å². The van der Waals surface area contributed by atoms with Crippen LogP contribution in [0.3, 0.4) is 0 Å². The number of carbonyl (C=O) groups is 1. The number of hydrogen-bond donors (Lipinski definition) is 0. The predicted molar refractivity (Wildman–Crippen MR) is 139 cm³/mol. The molecule has 3 heteroatoms. The molecule has 0 aromatic rings. The second-order valence-electron chi connectivity index (χ2n) is 13.2. The van der Waals surface area contributed by atoms with Crippen molar-refractivity contribution in [3.8, 4) is 0 Å². The van der Waals surface area contributed by atoms with Crippen molar-refractivity contribution in [1.82, 2.24) is 9.80 Å². The molecular weight excluding hydrogens is 416 g/mol. The number of Topliss-reactive ketones (excluding diaryl/α,β-unsaturated/α-hetero) is 1. The lowest BCUT2D eigenvalue weighted by Gasteiger charge is -2.56. The van der Waals surface area contributed by atoms with Crippen molar-refractivity contribution < 1.29 is 4.79 Å². The summed E-state index contributed by atoms with van der Waals surface area (Å²) >= 11 is 0. The third-order valence-electron chi connectivity index (χ3n) is 11.6. The first-order valence-corrected chi connectivity index (χ1v) is 14.4. The Bertz CT molecular complexity index is 960. The second-order valence-corrected chi connectivity index (χ2v) is 13.2. The number of nitrogens with zero attached hydrogens (tertiary/aromatic N) is 2. The van der Waals surface area contributed by atoms with E-state index in [0.717, 1.165) is 25.7 Å². The molecule has 8 atom stereocenters. The molecule has 0 spiro atoms. The Balaban J connectivity index is 1.29. The van der Waals surface area contributed by atoms with Crippen LogP contribution in [0, 0.1) is 28.6 Å². The molecule has 3 unspecified atom stereocenters. The monoisotopic (exact) mass is 462 g/mol. The maximum absolute atomic E-state index is 14.1. The van der Waals surface area contributed by atoms with Crippen LogP contribution < -0.4 is 0 Å². The number of allylic oxidation sites excluding steroid dienone is 5. The Morgan fingerprint density at radius 1 is 1.00 bits per heavy atom. The van der Waals surface area contributed by atoms with Crippen LogP contribution in [-0.4, -0.2) is 46.8 Å². The number of hydrogen-bond acceptors (Lipinski definition) is 3. The third-order valence-corrected chi connectivity index (χ3v) is 11.6. The summed E-state index contributed by atoms with van der Waals surface area (Å²) < 4.78 is 0. The molecule has 2 saturated heterocycles. The highest BCUT2D eigenvalue weighted by atomic mass is 16.1. The predicted octanol–water partition coefficient (Wildman–Crippen LogP) is 6.52. The Labute approximate surface area is 207 Å². The lowest BCUT2D eigenvalue weighted by Crippen LogP contribution is -2.54. The van der Waals surface area contributed by atoms with E-state index in [-0.39, 0.29) is 16.7 Å². The van der Waals surface area contributed by atoms with Crippen LogP contribution in [0.1, 0.15) is 92.4 Å². The van der Waals surface area contributed by atoms with Gasteiger partial charge >= 0.3 is 0 Å². The van der Waals surface area contributed by atoms with E-state index in [2.05, 4.69) is 62.6 Å². The first-order chi connectivity index (χ1) is 16.2. The molecule has 0 N–H and O–H groups in total. The van der Waals surface area contributed by atoms with Crippen molar-refractivity contribution in [2.75, 3.05) is 13.1 Å². The summed E-state index contributed by atoms with van der Waals surface area (Å²) in [6.45, 7) is 14.5. The standard InChI is InChI=1S/C31H46N2O/c1-20-8-6-16-32(20)22(3)26-12-13-27-25-11-10-23-18-24(33-17-7-9-21(33)2)14-15-30(23,4)29(25)28(34)19-31(26,27)5/h10,12,18,20-22,25,27,29H,6-9,11,13-17,19H2,1-5H3/t20?,21?,22?,25-,27-,29+,30-,31+/m0/s1. The van der Waals surface area contributed by atoms with Crippen molar-refractivity contribution in [3.05, 3.63) is 35.1 Å². The minimum atomic E-state index is 0.0334. The molecule has 4 aliphatic carbocycles. The van der Waals surface area contributed by atoms with Crippen molar-refractivity contribution in [1.29, 1.82) is 0 Å². The molecule has 1 saturated carbocycles. The molecule has 0 amide bonds. The van der Waals surface area contributed by atoms with Crippen LogP contribution in [0.2, 0.25) is 0 Å². The van der Waals surface area contributed by atoms with Crippen LogP contribution in [0.25, 0.3) is 0 Å². The highest BCUT2D eigenvalue weighted by molar-refractivity contribution is 5.86. The highest BCUT2D eigenvalue weighted by Gasteiger charge is 2.60. The average Bonchev–Trinajstić information content (AvgIpc) is 3.50.